The van der Waals surface area contributed by atoms with Gasteiger partial charge in [0.05, 0.1) is 17.3 Å². The lowest BCUT2D eigenvalue weighted by molar-refractivity contribution is -0.121. The quantitative estimate of drug-likeness (QED) is 0.524. The molecule has 30 heavy (non-hydrogen) atoms. The van der Waals surface area contributed by atoms with Crippen LogP contribution in [0.25, 0.3) is 17.0 Å². The number of aryl methyl sites for hydroxylation is 2. The van der Waals surface area contributed by atoms with E-state index in [0.717, 1.165) is 30.6 Å². The summed E-state index contributed by atoms with van der Waals surface area (Å²) in [7, 11) is 1.72. The van der Waals surface area contributed by atoms with Gasteiger partial charge in [-0.1, -0.05) is 18.9 Å². The van der Waals surface area contributed by atoms with E-state index in [4.69, 9.17) is 0 Å². The number of H-pyrrole nitrogens is 1. The zero-order valence-corrected chi connectivity index (χ0v) is 17.5. The van der Waals surface area contributed by atoms with Gasteiger partial charge in [0.1, 0.15) is 11.2 Å². The number of nitrogens with one attached hydrogen (secondary N) is 2. The van der Waals surface area contributed by atoms with E-state index in [1.54, 1.807) is 24.5 Å². The molecule has 9 nitrogen and oxygen atoms in total. The lowest BCUT2D eigenvalue weighted by atomic mass is 9.83. The molecule has 2 N–H and O–H groups in total. The number of hydrogen-bond acceptors (Lipinski definition) is 6. The lowest BCUT2D eigenvalue weighted by Crippen LogP contribution is -2.37. The van der Waals surface area contributed by atoms with Gasteiger partial charge in [-0.05, 0) is 31.2 Å². The fourth-order valence-corrected chi connectivity index (χ4v) is 5.21. The Morgan fingerprint density at radius 3 is 2.87 bits per heavy atom. The highest BCUT2D eigenvalue weighted by Crippen LogP contribution is 2.44. The van der Waals surface area contributed by atoms with Crippen molar-refractivity contribution in [3.05, 3.63) is 50.7 Å². The van der Waals surface area contributed by atoms with Crippen LogP contribution < -0.4 is 10.9 Å². The molecule has 0 aromatic carbocycles. The highest BCUT2D eigenvalue weighted by atomic mass is 32.1. The molecule has 4 heterocycles. The number of rotatable bonds is 4. The summed E-state index contributed by atoms with van der Waals surface area (Å²) in [4.78, 5) is 34.3. The first kappa shape index (κ1) is 18.7. The first-order valence-electron chi connectivity index (χ1n) is 9.82. The second-order valence-corrected chi connectivity index (χ2v) is 8.65. The molecule has 0 atom stereocenters. The molecule has 4 aromatic rings. The molecular formula is C20H21N7O2S. The zero-order chi connectivity index (χ0) is 20.9. The van der Waals surface area contributed by atoms with Gasteiger partial charge in [0.2, 0.25) is 11.9 Å². The highest BCUT2D eigenvalue weighted by molar-refractivity contribution is 7.10. The maximum atomic E-state index is 13.5. The number of amides is 1. The van der Waals surface area contributed by atoms with Gasteiger partial charge in [-0.15, -0.1) is 11.3 Å². The molecule has 1 aliphatic rings. The summed E-state index contributed by atoms with van der Waals surface area (Å²) < 4.78 is 3.01. The van der Waals surface area contributed by atoms with Gasteiger partial charge in [-0.3, -0.25) is 19.3 Å². The minimum Gasteiger partial charge on any atom is -0.310 e. The van der Waals surface area contributed by atoms with E-state index in [2.05, 4.69) is 25.5 Å². The van der Waals surface area contributed by atoms with Crippen molar-refractivity contribution in [2.24, 2.45) is 7.05 Å². The van der Waals surface area contributed by atoms with Crippen molar-refractivity contribution >= 4 is 34.1 Å². The van der Waals surface area contributed by atoms with Crippen LogP contribution in [0, 0.1) is 6.92 Å². The zero-order valence-electron chi connectivity index (χ0n) is 16.7. The third-order valence-corrected chi connectivity index (χ3v) is 6.82. The lowest BCUT2D eigenvalue weighted by Gasteiger charge is -2.26. The fourth-order valence-electron chi connectivity index (χ4n) is 4.22. The molecule has 0 spiro atoms. The molecule has 1 aliphatic carbocycles. The van der Waals surface area contributed by atoms with Crippen LogP contribution in [0.5, 0.6) is 0 Å². The van der Waals surface area contributed by atoms with E-state index in [-0.39, 0.29) is 17.4 Å². The maximum Gasteiger partial charge on any atom is 0.263 e. The second-order valence-electron chi connectivity index (χ2n) is 7.70. The number of nitrogens with zero attached hydrogens (tertiary/aromatic N) is 5. The molecule has 0 unspecified atom stereocenters. The van der Waals surface area contributed by atoms with Crippen LogP contribution in [-0.2, 0) is 17.3 Å². The molecule has 5 rings (SSSR count). The third kappa shape index (κ3) is 2.86. The predicted octanol–water partition coefficient (Wildman–Crippen LogP) is 2.66. The Labute approximate surface area is 175 Å². The van der Waals surface area contributed by atoms with Crippen molar-refractivity contribution in [3.8, 4) is 5.95 Å². The standard InChI is InChI=1S/C20H21N7O2S/c1-12-10-15(22-18(29)20(7-3-4-8-20)14-6-5-9-30-14)27(25-12)19-23-16-13(17(28)24-19)11-21-26(16)2/h5-6,9-11H,3-4,7-8H2,1-2H3,(H,22,29)(H,23,24,28). The predicted molar refractivity (Wildman–Crippen MR) is 114 cm³/mol. The summed E-state index contributed by atoms with van der Waals surface area (Å²) in [5.41, 5.74) is 0.323. The number of anilines is 1. The van der Waals surface area contributed by atoms with E-state index >= 15 is 0 Å². The number of carbonyl (C=O) groups excluding carboxylic acids is 1. The van der Waals surface area contributed by atoms with Crippen LogP contribution >= 0.6 is 11.3 Å². The second kappa shape index (κ2) is 6.91. The van der Waals surface area contributed by atoms with Crippen molar-refractivity contribution in [1.29, 1.82) is 0 Å². The summed E-state index contributed by atoms with van der Waals surface area (Å²) in [6, 6.07) is 5.80. The minimum atomic E-state index is -0.524. The summed E-state index contributed by atoms with van der Waals surface area (Å²) in [6.45, 7) is 1.83. The highest BCUT2D eigenvalue weighted by Gasteiger charge is 2.43. The number of aromatic nitrogens is 6. The van der Waals surface area contributed by atoms with Gasteiger partial charge in [0.15, 0.2) is 5.65 Å². The van der Waals surface area contributed by atoms with Gasteiger partial charge in [0.25, 0.3) is 5.56 Å². The maximum absolute atomic E-state index is 13.5. The summed E-state index contributed by atoms with van der Waals surface area (Å²) in [5.74, 6) is 0.661. The molecule has 1 saturated carbocycles. The molecule has 4 aromatic heterocycles. The van der Waals surface area contributed by atoms with Crippen molar-refractivity contribution in [2.75, 3.05) is 5.32 Å². The molecule has 1 fully saturated rings. The van der Waals surface area contributed by atoms with Gasteiger partial charge in [0, 0.05) is 18.0 Å². The van der Waals surface area contributed by atoms with Crippen molar-refractivity contribution in [2.45, 2.75) is 38.0 Å². The summed E-state index contributed by atoms with van der Waals surface area (Å²) >= 11 is 1.62. The number of fused-ring (bicyclic) bond motifs is 1. The number of thiophene rings is 1. The van der Waals surface area contributed by atoms with E-state index < -0.39 is 5.41 Å². The van der Waals surface area contributed by atoms with E-state index in [1.165, 1.54) is 15.6 Å². The largest absolute Gasteiger partial charge is 0.310 e. The normalized spacial score (nSPS) is 15.7. The first-order valence-corrected chi connectivity index (χ1v) is 10.7. The Bertz CT molecular complexity index is 1290. The van der Waals surface area contributed by atoms with Gasteiger partial charge >= 0.3 is 0 Å². The first-order chi connectivity index (χ1) is 14.5. The summed E-state index contributed by atoms with van der Waals surface area (Å²) in [5, 5.41) is 14.0. The fraction of sp³-hybridized carbons (Fsp3) is 0.350. The Balaban J connectivity index is 1.55. The van der Waals surface area contributed by atoms with Crippen LogP contribution in [0.3, 0.4) is 0 Å². The summed E-state index contributed by atoms with van der Waals surface area (Å²) in [6.07, 6.45) is 5.17. The molecule has 0 saturated heterocycles. The van der Waals surface area contributed by atoms with Gasteiger partial charge < -0.3 is 5.32 Å². The Kier molecular flexibility index (Phi) is 4.31. The van der Waals surface area contributed by atoms with Crippen LogP contribution in [0.2, 0.25) is 0 Å². The minimum absolute atomic E-state index is 0.0486. The van der Waals surface area contributed by atoms with Crippen LogP contribution in [0.4, 0.5) is 5.82 Å². The van der Waals surface area contributed by atoms with Crippen LogP contribution in [-0.4, -0.2) is 35.4 Å². The topological polar surface area (TPSA) is 110 Å². The third-order valence-electron chi connectivity index (χ3n) is 5.75. The molecule has 10 heteroatoms. The van der Waals surface area contributed by atoms with Gasteiger partial charge in [-0.25, -0.2) is 0 Å². The molecule has 0 aliphatic heterocycles. The molecule has 154 valence electrons. The SMILES string of the molecule is Cc1cc(NC(=O)C2(c3cccs3)CCCC2)n(-c2nc3c(cnn3C)c(=O)[nH]2)n1. The molecule has 0 radical (unpaired) electrons. The smallest absolute Gasteiger partial charge is 0.263 e. The van der Waals surface area contributed by atoms with Crippen LogP contribution in [0.1, 0.15) is 36.3 Å². The van der Waals surface area contributed by atoms with Crippen LogP contribution in [0.15, 0.2) is 34.6 Å². The van der Waals surface area contributed by atoms with E-state index in [9.17, 15) is 9.59 Å². The Morgan fingerprint density at radius 1 is 1.33 bits per heavy atom. The Morgan fingerprint density at radius 2 is 2.13 bits per heavy atom. The molecule has 0 bridgehead atoms. The van der Waals surface area contributed by atoms with Crippen molar-refractivity contribution < 1.29 is 4.79 Å². The molecule has 1 amide bonds. The Hall–Kier alpha value is -3.27. The molecular weight excluding hydrogens is 402 g/mol. The van der Waals surface area contributed by atoms with Gasteiger partial charge in [-0.2, -0.15) is 19.9 Å². The van der Waals surface area contributed by atoms with E-state index in [1.807, 2.05) is 24.4 Å². The van der Waals surface area contributed by atoms with Crippen molar-refractivity contribution in [3.63, 3.8) is 0 Å². The number of carbonyl (C=O) groups is 1. The number of aromatic amines is 1. The van der Waals surface area contributed by atoms with E-state index in [0.29, 0.717) is 22.5 Å². The number of hydrogen-bond donors (Lipinski definition) is 2. The monoisotopic (exact) mass is 423 g/mol. The average Bonchev–Trinajstić information content (AvgIpc) is 3.49. The average molecular weight is 424 g/mol. The van der Waals surface area contributed by atoms with Crippen molar-refractivity contribution in [1.82, 2.24) is 29.5 Å².